The summed E-state index contributed by atoms with van der Waals surface area (Å²) >= 11 is 0. The topological polar surface area (TPSA) is 127 Å². The van der Waals surface area contributed by atoms with Crippen LogP contribution in [0.3, 0.4) is 0 Å². The number of hydrogen-bond donors (Lipinski definition) is 2. The van der Waals surface area contributed by atoms with E-state index in [1.165, 1.54) is 6.07 Å². The SMILES string of the molecule is Cc1nccc2[nH]c(=O)c(/C(N=[N+]=[N-])=N/O)cc12. The Kier molecular flexibility index (Phi) is 2.94. The van der Waals surface area contributed by atoms with Crippen molar-refractivity contribution < 1.29 is 5.21 Å². The molecule has 2 rings (SSSR count). The summed E-state index contributed by atoms with van der Waals surface area (Å²) in [6.07, 6.45) is 1.57. The van der Waals surface area contributed by atoms with Crippen molar-refractivity contribution in [1.82, 2.24) is 9.97 Å². The molecule has 0 fully saturated rings. The summed E-state index contributed by atoms with van der Waals surface area (Å²) in [5.41, 5.74) is 9.11. The maximum absolute atomic E-state index is 11.8. The van der Waals surface area contributed by atoms with Crippen LogP contribution < -0.4 is 5.56 Å². The van der Waals surface area contributed by atoms with Crippen LogP contribution in [-0.4, -0.2) is 21.0 Å². The number of oxime groups is 1. The standard InChI is InChI=1S/C10H8N6O2/c1-5-6-4-7(9(15-18)14-16-11)10(17)13-8(6)2-3-12-5/h2-4,18H,1H3,(H,13,17)/b15-9-. The average molecular weight is 244 g/mol. The zero-order valence-corrected chi connectivity index (χ0v) is 9.32. The molecule has 0 radical (unpaired) electrons. The van der Waals surface area contributed by atoms with Crippen LogP contribution in [0.1, 0.15) is 11.3 Å². The molecular weight excluding hydrogens is 236 g/mol. The van der Waals surface area contributed by atoms with Gasteiger partial charge in [-0.05, 0) is 29.7 Å². The van der Waals surface area contributed by atoms with Crippen LogP contribution >= 0.6 is 0 Å². The van der Waals surface area contributed by atoms with E-state index in [9.17, 15) is 4.79 Å². The number of aryl methyl sites for hydroxylation is 1. The lowest BCUT2D eigenvalue weighted by Gasteiger charge is -2.03. The highest BCUT2D eigenvalue weighted by atomic mass is 16.4. The van der Waals surface area contributed by atoms with Crippen molar-refractivity contribution in [3.05, 3.63) is 50.4 Å². The number of nitrogens with one attached hydrogen (secondary N) is 1. The normalized spacial score (nSPS) is 11.3. The van der Waals surface area contributed by atoms with Gasteiger partial charge in [-0.3, -0.25) is 9.78 Å². The third-order valence-electron chi connectivity index (χ3n) is 2.45. The van der Waals surface area contributed by atoms with E-state index in [-0.39, 0.29) is 11.4 Å². The van der Waals surface area contributed by atoms with Crippen molar-refractivity contribution in [2.75, 3.05) is 0 Å². The van der Waals surface area contributed by atoms with Gasteiger partial charge < -0.3 is 10.2 Å². The van der Waals surface area contributed by atoms with Crippen LogP contribution in [0.5, 0.6) is 0 Å². The van der Waals surface area contributed by atoms with Crippen molar-refractivity contribution in [3.8, 4) is 0 Å². The Morgan fingerprint density at radius 1 is 1.61 bits per heavy atom. The monoisotopic (exact) mass is 244 g/mol. The van der Waals surface area contributed by atoms with Crippen LogP contribution in [0.2, 0.25) is 0 Å². The Hall–Kier alpha value is -2.86. The van der Waals surface area contributed by atoms with E-state index in [0.717, 1.165) is 0 Å². The van der Waals surface area contributed by atoms with Gasteiger partial charge >= 0.3 is 0 Å². The maximum Gasteiger partial charge on any atom is 0.257 e. The summed E-state index contributed by atoms with van der Waals surface area (Å²) in [6.45, 7) is 1.77. The van der Waals surface area contributed by atoms with Gasteiger partial charge in [-0.2, -0.15) is 0 Å². The fourth-order valence-corrected chi connectivity index (χ4v) is 1.60. The Morgan fingerprint density at radius 3 is 3.06 bits per heavy atom. The molecule has 2 aromatic heterocycles. The van der Waals surface area contributed by atoms with Gasteiger partial charge in [-0.25, -0.2) is 0 Å². The minimum atomic E-state index is -0.506. The van der Waals surface area contributed by atoms with E-state index in [0.29, 0.717) is 16.6 Å². The molecule has 8 nitrogen and oxygen atoms in total. The molecule has 0 bridgehead atoms. The van der Waals surface area contributed by atoms with Gasteiger partial charge in [0.15, 0.2) is 5.84 Å². The molecule has 18 heavy (non-hydrogen) atoms. The van der Waals surface area contributed by atoms with Crippen molar-refractivity contribution >= 4 is 16.7 Å². The Labute approximate surface area is 100 Å². The van der Waals surface area contributed by atoms with Gasteiger partial charge in [-0.1, -0.05) is 5.16 Å². The summed E-state index contributed by atoms with van der Waals surface area (Å²) in [6, 6.07) is 3.12. The average Bonchev–Trinajstić information content (AvgIpc) is 2.36. The van der Waals surface area contributed by atoms with E-state index >= 15 is 0 Å². The smallest absolute Gasteiger partial charge is 0.257 e. The number of amidine groups is 1. The summed E-state index contributed by atoms with van der Waals surface area (Å²) in [7, 11) is 0. The molecule has 0 amide bonds. The molecule has 0 atom stereocenters. The van der Waals surface area contributed by atoms with Crippen molar-refractivity contribution in [2.24, 2.45) is 10.3 Å². The Bertz CT molecular complexity index is 742. The molecule has 0 aliphatic rings. The fourth-order valence-electron chi connectivity index (χ4n) is 1.60. The molecule has 0 aromatic carbocycles. The van der Waals surface area contributed by atoms with E-state index in [2.05, 4.69) is 25.1 Å². The number of H-pyrrole nitrogens is 1. The van der Waals surface area contributed by atoms with Gasteiger partial charge in [0, 0.05) is 22.2 Å². The second kappa shape index (κ2) is 4.56. The molecule has 0 saturated carbocycles. The van der Waals surface area contributed by atoms with Crippen LogP contribution in [0, 0.1) is 6.92 Å². The molecule has 90 valence electrons. The van der Waals surface area contributed by atoms with E-state index in [1.807, 2.05) is 0 Å². The van der Waals surface area contributed by atoms with Crippen molar-refractivity contribution in [1.29, 1.82) is 0 Å². The van der Waals surface area contributed by atoms with Crippen LogP contribution in [0.4, 0.5) is 0 Å². The number of nitrogens with zero attached hydrogens (tertiary/aromatic N) is 5. The molecule has 0 aliphatic heterocycles. The highest BCUT2D eigenvalue weighted by Gasteiger charge is 2.10. The number of aromatic nitrogens is 2. The first kappa shape index (κ1) is 11.6. The van der Waals surface area contributed by atoms with E-state index < -0.39 is 5.56 Å². The largest absolute Gasteiger partial charge is 0.410 e. The van der Waals surface area contributed by atoms with Crippen molar-refractivity contribution in [3.63, 3.8) is 0 Å². The predicted molar refractivity (Wildman–Crippen MR) is 64.6 cm³/mol. The van der Waals surface area contributed by atoms with Crippen LogP contribution in [0.15, 0.2) is 33.4 Å². The summed E-state index contributed by atoms with van der Waals surface area (Å²) in [4.78, 5) is 20.9. The molecule has 0 aliphatic carbocycles. The molecule has 0 saturated heterocycles. The lowest BCUT2D eigenvalue weighted by Crippen LogP contribution is -2.17. The predicted octanol–water partition coefficient (Wildman–Crippen LogP) is 1.68. The number of aromatic amines is 1. The zero-order chi connectivity index (χ0) is 13.1. The molecule has 2 heterocycles. The number of azide groups is 1. The third-order valence-corrected chi connectivity index (χ3v) is 2.45. The maximum atomic E-state index is 11.8. The van der Waals surface area contributed by atoms with Crippen molar-refractivity contribution in [2.45, 2.75) is 6.92 Å². The minimum absolute atomic E-state index is 0.0149. The highest BCUT2D eigenvalue weighted by Crippen LogP contribution is 2.14. The number of pyridine rings is 2. The van der Waals surface area contributed by atoms with Gasteiger partial charge in [-0.15, -0.1) is 0 Å². The fraction of sp³-hybridized carbons (Fsp3) is 0.100. The molecule has 8 heteroatoms. The molecule has 2 N–H and O–H groups in total. The van der Waals surface area contributed by atoms with E-state index in [1.54, 1.807) is 19.2 Å². The lowest BCUT2D eigenvalue weighted by molar-refractivity contribution is 0.318. The molecule has 2 aromatic rings. The second-order valence-corrected chi connectivity index (χ2v) is 3.48. The zero-order valence-electron chi connectivity index (χ0n) is 9.32. The number of fused-ring (bicyclic) bond motifs is 1. The van der Waals surface area contributed by atoms with Gasteiger partial charge in [0.2, 0.25) is 0 Å². The van der Waals surface area contributed by atoms with Gasteiger partial charge in [0.05, 0.1) is 11.1 Å². The highest BCUT2D eigenvalue weighted by molar-refractivity contribution is 6.01. The number of rotatable bonds is 1. The quantitative estimate of drug-likeness (QED) is 0.150. The van der Waals surface area contributed by atoms with Crippen LogP contribution in [0.25, 0.3) is 21.3 Å². The molecular formula is C10H8N6O2. The Balaban J connectivity index is 2.81. The summed E-state index contributed by atoms with van der Waals surface area (Å²) in [5.74, 6) is -0.385. The first-order chi connectivity index (χ1) is 8.67. The summed E-state index contributed by atoms with van der Waals surface area (Å²) < 4.78 is 0. The molecule has 0 spiro atoms. The molecule has 0 unspecified atom stereocenters. The van der Waals surface area contributed by atoms with Crippen LogP contribution in [-0.2, 0) is 0 Å². The first-order valence-corrected chi connectivity index (χ1v) is 4.93. The summed E-state index contributed by atoms with van der Waals surface area (Å²) in [5, 5.41) is 15.4. The van der Waals surface area contributed by atoms with Gasteiger partial charge in [0.25, 0.3) is 5.56 Å². The third kappa shape index (κ3) is 1.87. The lowest BCUT2D eigenvalue weighted by atomic mass is 10.1. The first-order valence-electron chi connectivity index (χ1n) is 4.93. The second-order valence-electron chi connectivity index (χ2n) is 3.48. The minimum Gasteiger partial charge on any atom is -0.410 e. The Morgan fingerprint density at radius 2 is 2.39 bits per heavy atom. The van der Waals surface area contributed by atoms with Gasteiger partial charge in [0.1, 0.15) is 0 Å². The van der Waals surface area contributed by atoms with E-state index in [4.69, 9.17) is 10.7 Å². The number of hydrogen-bond acceptors (Lipinski definition) is 4.